The minimum atomic E-state index is -0.0624. The topological polar surface area (TPSA) is 83.3 Å². The Balaban J connectivity index is 0.00000363. The number of benzene rings is 2. The summed E-state index contributed by atoms with van der Waals surface area (Å²) in [5, 5.41) is 14.1. The molecule has 0 aliphatic heterocycles. The van der Waals surface area contributed by atoms with Gasteiger partial charge in [0.25, 0.3) is 5.91 Å². The number of aryl methyl sites for hydroxylation is 2. The van der Waals surface area contributed by atoms with Crippen LogP contribution in [0, 0.1) is 13.8 Å². The minimum absolute atomic E-state index is 0. The lowest BCUT2D eigenvalue weighted by atomic mass is 10.1. The molecule has 32 heavy (non-hydrogen) atoms. The van der Waals surface area contributed by atoms with Gasteiger partial charge in [-0.2, -0.15) is 5.10 Å². The monoisotopic (exact) mass is 546 g/mol. The zero-order valence-electron chi connectivity index (χ0n) is 19.0. The van der Waals surface area contributed by atoms with Crippen molar-refractivity contribution in [3.05, 3.63) is 82.7 Å². The molecule has 1 amide bonds. The van der Waals surface area contributed by atoms with Crippen molar-refractivity contribution in [3.63, 3.8) is 0 Å². The van der Waals surface area contributed by atoms with Gasteiger partial charge in [0.2, 0.25) is 0 Å². The van der Waals surface area contributed by atoms with Crippen molar-refractivity contribution < 1.29 is 4.79 Å². The molecule has 3 aromatic rings. The first-order valence-corrected chi connectivity index (χ1v) is 10.4. The second-order valence-electron chi connectivity index (χ2n) is 7.31. The number of carbonyl (C=O) groups is 1. The summed E-state index contributed by atoms with van der Waals surface area (Å²) in [5.74, 6) is 0.624. The molecule has 0 atom stereocenters. The van der Waals surface area contributed by atoms with E-state index in [4.69, 9.17) is 0 Å². The molecule has 0 bridgehead atoms. The molecule has 3 N–H and O–H groups in total. The fourth-order valence-corrected chi connectivity index (χ4v) is 3.41. The second-order valence-corrected chi connectivity index (χ2v) is 7.31. The van der Waals surface area contributed by atoms with E-state index in [1.807, 2.05) is 54.9 Å². The van der Waals surface area contributed by atoms with Gasteiger partial charge in [0, 0.05) is 37.9 Å². The van der Waals surface area contributed by atoms with Gasteiger partial charge in [0.05, 0.1) is 11.4 Å². The molecule has 0 aliphatic carbocycles. The van der Waals surface area contributed by atoms with E-state index >= 15 is 0 Å². The fourth-order valence-electron chi connectivity index (χ4n) is 3.41. The van der Waals surface area contributed by atoms with Gasteiger partial charge in [0.15, 0.2) is 5.96 Å². The van der Waals surface area contributed by atoms with E-state index in [0.29, 0.717) is 31.2 Å². The molecule has 3 rings (SSSR count). The number of amides is 1. The third-order valence-electron chi connectivity index (χ3n) is 4.89. The number of guanidine groups is 1. The first kappa shape index (κ1) is 25.4. The Morgan fingerprint density at radius 3 is 2.44 bits per heavy atom. The Morgan fingerprint density at radius 1 is 1.00 bits per heavy atom. The summed E-state index contributed by atoms with van der Waals surface area (Å²) in [7, 11) is 1.74. The lowest BCUT2D eigenvalue weighted by Gasteiger charge is -2.15. The third-order valence-corrected chi connectivity index (χ3v) is 4.89. The largest absolute Gasteiger partial charge is 0.352 e. The number of para-hydroxylation sites is 1. The Kier molecular flexibility index (Phi) is 9.70. The van der Waals surface area contributed by atoms with Crippen molar-refractivity contribution in [3.8, 4) is 5.69 Å². The average Bonchev–Trinajstić information content (AvgIpc) is 3.12. The smallest absolute Gasteiger partial charge is 0.251 e. The van der Waals surface area contributed by atoms with E-state index in [2.05, 4.69) is 51.2 Å². The maximum atomic E-state index is 12.1. The minimum Gasteiger partial charge on any atom is -0.352 e. The summed E-state index contributed by atoms with van der Waals surface area (Å²) in [4.78, 5) is 16.4. The van der Waals surface area contributed by atoms with Crippen LogP contribution in [0.5, 0.6) is 0 Å². The molecule has 1 heterocycles. The van der Waals surface area contributed by atoms with Crippen molar-refractivity contribution in [2.24, 2.45) is 4.99 Å². The Morgan fingerprint density at radius 2 is 1.75 bits per heavy atom. The van der Waals surface area contributed by atoms with Gasteiger partial charge in [-0.05, 0) is 56.2 Å². The van der Waals surface area contributed by atoms with Crippen LogP contribution in [0.1, 0.15) is 39.8 Å². The molecular weight excluding hydrogens is 515 g/mol. The summed E-state index contributed by atoms with van der Waals surface area (Å²) >= 11 is 0. The highest BCUT2D eigenvalue weighted by molar-refractivity contribution is 14.0. The molecule has 0 spiro atoms. The molecule has 0 fully saturated rings. The lowest BCUT2D eigenvalue weighted by molar-refractivity contribution is 0.0955. The lowest BCUT2D eigenvalue weighted by Crippen LogP contribution is -2.36. The number of hydrogen-bond acceptors (Lipinski definition) is 3. The Hall–Kier alpha value is -2.88. The SMILES string of the molecule is CCNC(=O)c1cccc(CNC(=NC)NCc2ccccc2-n2nc(C)cc2C)c1.I. The number of aliphatic imine (C=N–C) groups is 1. The summed E-state index contributed by atoms with van der Waals surface area (Å²) in [6, 6.07) is 17.9. The molecule has 0 saturated heterocycles. The predicted octanol–water partition coefficient (Wildman–Crippen LogP) is 3.72. The zero-order valence-corrected chi connectivity index (χ0v) is 21.3. The Labute approximate surface area is 206 Å². The van der Waals surface area contributed by atoms with E-state index in [9.17, 15) is 4.79 Å². The van der Waals surface area contributed by atoms with Crippen molar-refractivity contribution in [2.75, 3.05) is 13.6 Å². The second kappa shape index (κ2) is 12.2. The van der Waals surface area contributed by atoms with Crippen LogP contribution in [0.25, 0.3) is 5.69 Å². The third kappa shape index (κ3) is 6.56. The van der Waals surface area contributed by atoms with Crippen molar-refractivity contribution in [1.29, 1.82) is 0 Å². The van der Waals surface area contributed by atoms with Crippen molar-refractivity contribution in [2.45, 2.75) is 33.9 Å². The van der Waals surface area contributed by atoms with Crippen LogP contribution in [0.3, 0.4) is 0 Å². The van der Waals surface area contributed by atoms with Crippen LogP contribution in [0.15, 0.2) is 59.6 Å². The van der Waals surface area contributed by atoms with Gasteiger partial charge in [0.1, 0.15) is 0 Å². The molecule has 170 valence electrons. The van der Waals surface area contributed by atoms with Crippen LogP contribution < -0.4 is 16.0 Å². The van der Waals surface area contributed by atoms with E-state index in [1.54, 1.807) is 7.05 Å². The molecule has 1 aromatic heterocycles. The number of halogens is 1. The zero-order chi connectivity index (χ0) is 22.2. The molecule has 8 heteroatoms. The summed E-state index contributed by atoms with van der Waals surface area (Å²) in [5.41, 5.74) is 5.92. The quantitative estimate of drug-likeness (QED) is 0.240. The Bertz CT molecular complexity index is 1080. The highest BCUT2D eigenvalue weighted by Gasteiger charge is 2.10. The maximum absolute atomic E-state index is 12.1. The number of aromatic nitrogens is 2. The van der Waals surface area contributed by atoms with Crippen LogP contribution in [0.4, 0.5) is 0 Å². The van der Waals surface area contributed by atoms with E-state index in [-0.39, 0.29) is 29.9 Å². The molecule has 0 aliphatic rings. The van der Waals surface area contributed by atoms with E-state index < -0.39 is 0 Å². The summed E-state index contributed by atoms with van der Waals surface area (Å²) in [6.07, 6.45) is 0. The van der Waals surface area contributed by atoms with Gasteiger partial charge >= 0.3 is 0 Å². The molecule has 0 saturated carbocycles. The number of hydrogen-bond donors (Lipinski definition) is 3. The van der Waals surface area contributed by atoms with Gasteiger partial charge < -0.3 is 16.0 Å². The number of nitrogens with zero attached hydrogens (tertiary/aromatic N) is 3. The number of rotatable bonds is 7. The van der Waals surface area contributed by atoms with Crippen LogP contribution in [0.2, 0.25) is 0 Å². The molecule has 0 radical (unpaired) electrons. The number of nitrogens with one attached hydrogen (secondary N) is 3. The van der Waals surface area contributed by atoms with Crippen molar-refractivity contribution >= 4 is 35.8 Å². The molecule has 2 aromatic carbocycles. The standard InChI is InChI=1S/C24H30N6O.HI/c1-5-26-23(31)20-11-8-9-19(14-20)15-27-24(25-4)28-16-21-10-6-7-12-22(21)30-18(3)13-17(2)29-30;/h6-14H,5,15-16H2,1-4H3,(H,26,31)(H2,25,27,28);1H. The van der Waals surface area contributed by atoms with E-state index in [0.717, 1.165) is 28.2 Å². The van der Waals surface area contributed by atoms with Gasteiger partial charge in [-0.25, -0.2) is 4.68 Å². The van der Waals surface area contributed by atoms with Crippen molar-refractivity contribution in [1.82, 2.24) is 25.7 Å². The van der Waals surface area contributed by atoms with Crippen LogP contribution >= 0.6 is 24.0 Å². The van der Waals surface area contributed by atoms with E-state index in [1.165, 1.54) is 0 Å². The first-order chi connectivity index (χ1) is 15.0. The maximum Gasteiger partial charge on any atom is 0.251 e. The van der Waals surface area contributed by atoms with Crippen LogP contribution in [-0.2, 0) is 13.1 Å². The van der Waals surface area contributed by atoms with Crippen LogP contribution in [-0.4, -0.2) is 35.2 Å². The van der Waals surface area contributed by atoms with Gasteiger partial charge in [-0.15, -0.1) is 24.0 Å². The highest BCUT2D eigenvalue weighted by Crippen LogP contribution is 2.17. The molecule has 0 unspecified atom stereocenters. The van der Waals surface area contributed by atoms with Gasteiger partial charge in [-0.1, -0.05) is 30.3 Å². The summed E-state index contributed by atoms with van der Waals surface area (Å²) in [6.45, 7) is 7.73. The van der Waals surface area contributed by atoms with Gasteiger partial charge in [-0.3, -0.25) is 9.79 Å². The normalized spacial score (nSPS) is 10.9. The molecule has 7 nitrogen and oxygen atoms in total. The number of carbonyl (C=O) groups excluding carboxylic acids is 1. The first-order valence-electron chi connectivity index (χ1n) is 10.4. The highest BCUT2D eigenvalue weighted by atomic mass is 127. The predicted molar refractivity (Wildman–Crippen MR) is 140 cm³/mol. The average molecular weight is 546 g/mol. The molecular formula is C24H31IN6O. The fraction of sp³-hybridized carbons (Fsp3) is 0.292. The summed E-state index contributed by atoms with van der Waals surface area (Å²) < 4.78 is 1.97.